The highest BCUT2D eigenvalue weighted by Gasteiger charge is 2.14. The molecule has 0 fully saturated rings. The minimum atomic E-state index is 0.496. The molecule has 7 aromatic carbocycles. The number of anilines is 3. The van der Waals surface area contributed by atoms with E-state index in [0.717, 1.165) is 33.1 Å². The SMILES string of the molecule is c1ccc(-c2ccccc2)cc1.c1ccc(Sc2ccc(-c3nnc(-c4ccc(N(c5ccccc5)c5ccccc5)cc4)o3)cc2)cc1. The molecule has 0 saturated carbocycles. The summed E-state index contributed by atoms with van der Waals surface area (Å²) in [6.45, 7) is 0. The summed E-state index contributed by atoms with van der Waals surface area (Å²) >= 11 is 1.72. The molecule has 0 spiro atoms. The zero-order chi connectivity index (χ0) is 33.1. The maximum Gasteiger partial charge on any atom is 0.248 e. The van der Waals surface area contributed by atoms with Gasteiger partial charge in [0.25, 0.3) is 0 Å². The van der Waals surface area contributed by atoms with Crippen LogP contribution in [0.2, 0.25) is 0 Å². The molecule has 8 rings (SSSR count). The average Bonchev–Trinajstić information content (AvgIpc) is 3.68. The summed E-state index contributed by atoms with van der Waals surface area (Å²) in [7, 11) is 0. The van der Waals surface area contributed by atoms with E-state index in [-0.39, 0.29) is 0 Å². The Morgan fingerprint density at radius 1 is 0.327 bits per heavy atom. The predicted molar refractivity (Wildman–Crippen MR) is 202 cm³/mol. The van der Waals surface area contributed by atoms with Crippen LogP contribution in [0.15, 0.2) is 214 Å². The Morgan fingerprint density at radius 2 is 0.673 bits per heavy atom. The number of hydrogen-bond donors (Lipinski definition) is 0. The van der Waals surface area contributed by atoms with Crippen molar-refractivity contribution in [2.45, 2.75) is 9.79 Å². The standard InChI is InChI=1S/C32H23N3OS.C12H10/c1-4-10-26(11-5-1)35(27-12-6-2-7-13-27)28-20-16-24(17-21-28)31-33-34-32(36-31)25-18-22-30(23-19-25)37-29-14-8-3-9-15-29;1-3-7-11(8-4-1)12-9-5-2-6-10-12/h1-23H;1-10H. The van der Waals surface area contributed by atoms with Crippen LogP contribution < -0.4 is 4.90 Å². The molecule has 0 amide bonds. The highest BCUT2D eigenvalue weighted by molar-refractivity contribution is 7.99. The van der Waals surface area contributed by atoms with Gasteiger partial charge in [0.05, 0.1) is 0 Å². The van der Waals surface area contributed by atoms with Gasteiger partial charge in [0.15, 0.2) is 0 Å². The van der Waals surface area contributed by atoms with Gasteiger partial charge in [-0.3, -0.25) is 0 Å². The fourth-order valence-corrected chi connectivity index (χ4v) is 6.20. The summed E-state index contributed by atoms with van der Waals surface area (Å²) < 4.78 is 6.04. The number of hydrogen-bond acceptors (Lipinski definition) is 5. The fourth-order valence-electron chi connectivity index (χ4n) is 5.36. The summed E-state index contributed by atoms with van der Waals surface area (Å²) in [5.41, 5.74) is 7.56. The molecule has 0 bridgehead atoms. The summed E-state index contributed by atoms with van der Waals surface area (Å²) in [5, 5.41) is 8.60. The summed E-state index contributed by atoms with van der Waals surface area (Å²) in [6.07, 6.45) is 0. The maximum absolute atomic E-state index is 6.04. The Hall–Kier alpha value is -6.17. The smallest absolute Gasteiger partial charge is 0.248 e. The fraction of sp³-hybridized carbons (Fsp3) is 0. The van der Waals surface area contributed by atoms with E-state index in [0.29, 0.717) is 11.8 Å². The van der Waals surface area contributed by atoms with Crippen LogP contribution in [-0.2, 0) is 0 Å². The van der Waals surface area contributed by atoms with E-state index in [9.17, 15) is 0 Å². The molecule has 49 heavy (non-hydrogen) atoms. The van der Waals surface area contributed by atoms with Crippen molar-refractivity contribution < 1.29 is 4.42 Å². The first-order chi connectivity index (χ1) is 24.3. The molecule has 0 aliphatic heterocycles. The van der Waals surface area contributed by atoms with Crippen LogP contribution in [0.3, 0.4) is 0 Å². The van der Waals surface area contributed by atoms with E-state index in [2.05, 4.69) is 124 Å². The molecule has 0 aliphatic rings. The van der Waals surface area contributed by atoms with E-state index in [1.54, 1.807) is 11.8 Å². The van der Waals surface area contributed by atoms with Crippen molar-refractivity contribution in [1.29, 1.82) is 0 Å². The van der Waals surface area contributed by atoms with E-state index in [1.807, 2.05) is 91.0 Å². The van der Waals surface area contributed by atoms with E-state index < -0.39 is 0 Å². The van der Waals surface area contributed by atoms with Crippen LogP contribution in [0.5, 0.6) is 0 Å². The second-order valence-corrected chi connectivity index (χ2v) is 12.3. The van der Waals surface area contributed by atoms with E-state index in [4.69, 9.17) is 4.42 Å². The second kappa shape index (κ2) is 15.6. The molecule has 8 aromatic rings. The van der Waals surface area contributed by atoms with Crippen LogP contribution in [0, 0.1) is 0 Å². The number of para-hydroxylation sites is 2. The lowest BCUT2D eigenvalue weighted by molar-refractivity contribution is 0.584. The Morgan fingerprint density at radius 3 is 1.12 bits per heavy atom. The molecule has 1 heterocycles. The van der Waals surface area contributed by atoms with Gasteiger partial charge in [0.1, 0.15) is 0 Å². The lowest BCUT2D eigenvalue weighted by atomic mass is 10.1. The third-order valence-corrected chi connectivity index (χ3v) is 8.80. The average molecular weight is 652 g/mol. The highest BCUT2D eigenvalue weighted by atomic mass is 32.2. The third-order valence-electron chi connectivity index (χ3n) is 7.79. The molecule has 0 saturated heterocycles. The normalized spacial score (nSPS) is 10.5. The van der Waals surface area contributed by atoms with Crippen LogP contribution in [0.4, 0.5) is 17.1 Å². The summed E-state index contributed by atoms with van der Waals surface area (Å²) in [4.78, 5) is 4.58. The number of aromatic nitrogens is 2. The maximum atomic E-state index is 6.04. The van der Waals surface area contributed by atoms with Gasteiger partial charge in [-0.2, -0.15) is 0 Å². The van der Waals surface area contributed by atoms with Gasteiger partial charge in [0, 0.05) is 38.0 Å². The van der Waals surface area contributed by atoms with Crippen LogP contribution in [0.1, 0.15) is 0 Å². The van der Waals surface area contributed by atoms with Crippen LogP contribution in [-0.4, -0.2) is 10.2 Å². The number of nitrogens with zero attached hydrogens (tertiary/aromatic N) is 3. The van der Waals surface area contributed by atoms with Gasteiger partial charge in [0.2, 0.25) is 11.8 Å². The quantitative estimate of drug-likeness (QED) is 0.164. The zero-order valence-corrected chi connectivity index (χ0v) is 27.5. The Kier molecular flexibility index (Phi) is 10.0. The minimum Gasteiger partial charge on any atom is -0.416 e. The van der Waals surface area contributed by atoms with Crippen LogP contribution in [0.25, 0.3) is 34.0 Å². The molecule has 1 aromatic heterocycles. The lowest BCUT2D eigenvalue weighted by Gasteiger charge is -2.25. The van der Waals surface area contributed by atoms with Crippen molar-refractivity contribution in [3.63, 3.8) is 0 Å². The monoisotopic (exact) mass is 651 g/mol. The second-order valence-electron chi connectivity index (χ2n) is 11.1. The largest absolute Gasteiger partial charge is 0.416 e. The van der Waals surface area contributed by atoms with Gasteiger partial charge in [-0.25, -0.2) is 0 Å². The zero-order valence-electron chi connectivity index (χ0n) is 26.7. The van der Waals surface area contributed by atoms with Crippen molar-refractivity contribution in [1.82, 2.24) is 10.2 Å². The molecule has 4 nitrogen and oxygen atoms in total. The molecular formula is C44H33N3OS. The van der Waals surface area contributed by atoms with E-state index >= 15 is 0 Å². The third kappa shape index (κ3) is 8.04. The van der Waals surface area contributed by atoms with Crippen molar-refractivity contribution >= 4 is 28.8 Å². The number of benzene rings is 7. The minimum absolute atomic E-state index is 0.496. The van der Waals surface area contributed by atoms with Gasteiger partial charge in [-0.15, -0.1) is 10.2 Å². The first kappa shape index (κ1) is 31.4. The van der Waals surface area contributed by atoms with E-state index in [1.165, 1.54) is 16.0 Å². The highest BCUT2D eigenvalue weighted by Crippen LogP contribution is 2.36. The molecule has 0 atom stereocenters. The predicted octanol–water partition coefficient (Wildman–Crippen LogP) is 12.4. The van der Waals surface area contributed by atoms with Crippen molar-refractivity contribution in [2.75, 3.05) is 4.90 Å². The van der Waals surface area contributed by atoms with Crippen molar-refractivity contribution in [3.8, 4) is 34.0 Å². The van der Waals surface area contributed by atoms with Crippen molar-refractivity contribution in [2.24, 2.45) is 0 Å². The molecule has 5 heteroatoms. The first-order valence-corrected chi connectivity index (χ1v) is 16.9. The first-order valence-electron chi connectivity index (χ1n) is 16.1. The van der Waals surface area contributed by atoms with Gasteiger partial charge >= 0.3 is 0 Å². The topological polar surface area (TPSA) is 42.2 Å². The van der Waals surface area contributed by atoms with Crippen molar-refractivity contribution in [3.05, 3.63) is 200 Å². The molecular weight excluding hydrogens is 619 g/mol. The Labute approximate surface area is 291 Å². The number of rotatable bonds is 8. The van der Waals surface area contributed by atoms with Gasteiger partial charge in [-0.05, 0) is 96.1 Å². The Bertz CT molecular complexity index is 2080. The molecule has 236 valence electrons. The molecule has 0 aliphatic carbocycles. The molecule has 0 unspecified atom stereocenters. The summed E-state index contributed by atoms with van der Waals surface area (Å²) in [5.74, 6) is 1.00. The summed E-state index contributed by atoms with van der Waals surface area (Å²) in [6, 6.07) is 68.2. The van der Waals surface area contributed by atoms with Gasteiger partial charge in [-0.1, -0.05) is 127 Å². The molecule has 0 radical (unpaired) electrons. The van der Waals surface area contributed by atoms with Crippen LogP contribution >= 0.6 is 11.8 Å². The lowest BCUT2D eigenvalue weighted by Crippen LogP contribution is -2.09. The van der Waals surface area contributed by atoms with Gasteiger partial charge < -0.3 is 9.32 Å². The Balaban J connectivity index is 0.000000265. The molecule has 0 N–H and O–H groups in total.